The molecular weight excluding hydrogens is 278 g/mol. The van der Waals surface area contributed by atoms with Gasteiger partial charge >= 0.3 is 5.97 Å². The Balaban J connectivity index is 2.13. The second-order valence-corrected chi connectivity index (χ2v) is 4.85. The number of fused-ring (bicyclic) bond motifs is 1. The molecule has 0 radical (unpaired) electrons. The lowest BCUT2D eigenvalue weighted by Crippen LogP contribution is -2.11. The van der Waals surface area contributed by atoms with Gasteiger partial charge in [-0.25, -0.2) is 4.79 Å². The molecule has 3 rings (SSSR count). The summed E-state index contributed by atoms with van der Waals surface area (Å²) in [5.41, 5.74) is 2.19. The summed E-state index contributed by atoms with van der Waals surface area (Å²) in [7, 11) is 0. The van der Waals surface area contributed by atoms with E-state index in [4.69, 9.17) is 4.74 Å². The van der Waals surface area contributed by atoms with Gasteiger partial charge in [0.1, 0.15) is 0 Å². The van der Waals surface area contributed by atoms with Gasteiger partial charge in [-0.05, 0) is 31.2 Å². The van der Waals surface area contributed by atoms with Crippen LogP contribution in [0.1, 0.15) is 33.3 Å². The molecule has 2 aromatic heterocycles. The van der Waals surface area contributed by atoms with Gasteiger partial charge in [0.05, 0.1) is 17.9 Å². The monoisotopic (exact) mass is 293 g/mol. The number of hydrogen-bond donors (Lipinski definition) is 0. The first-order valence-corrected chi connectivity index (χ1v) is 7.08. The van der Waals surface area contributed by atoms with Crippen molar-refractivity contribution in [3.8, 4) is 0 Å². The van der Waals surface area contributed by atoms with Crippen molar-refractivity contribution >= 4 is 17.3 Å². The first kappa shape index (κ1) is 14.1. The number of carbonyl (C=O) groups excluding carboxylic acids is 2. The van der Waals surface area contributed by atoms with E-state index in [-0.39, 0.29) is 5.78 Å². The molecule has 0 fully saturated rings. The first-order valence-electron chi connectivity index (χ1n) is 7.08. The van der Waals surface area contributed by atoms with E-state index in [1.807, 2.05) is 30.3 Å². The number of ether oxygens (including phenoxy) is 1. The van der Waals surface area contributed by atoms with Gasteiger partial charge in [-0.3, -0.25) is 4.79 Å². The highest BCUT2D eigenvalue weighted by molar-refractivity contribution is 6.09. The van der Waals surface area contributed by atoms with Gasteiger partial charge < -0.3 is 9.14 Å². The van der Waals surface area contributed by atoms with Crippen LogP contribution in [0.3, 0.4) is 0 Å². The Morgan fingerprint density at radius 1 is 1.00 bits per heavy atom. The van der Waals surface area contributed by atoms with Crippen molar-refractivity contribution in [1.29, 1.82) is 0 Å². The maximum Gasteiger partial charge on any atom is 0.338 e. The van der Waals surface area contributed by atoms with E-state index in [0.717, 1.165) is 5.52 Å². The van der Waals surface area contributed by atoms with Crippen molar-refractivity contribution in [2.45, 2.75) is 6.92 Å². The van der Waals surface area contributed by atoms with E-state index in [1.165, 1.54) is 0 Å². The summed E-state index contributed by atoms with van der Waals surface area (Å²) in [6.45, 7) is 2.05. The molecule has 4 heteroatoms. The molecule has 0 saturated carbocycles. The predicted molar refractivity (Wildman–Crippen MR) is 83.2 cm³/mol. The van der Waals surface area contributed by atoms with E-state index in [9.17, 15) is 9.59 Å². The van der Waals surface area contributed by atoms with Crippen LogP contribution in [0, 0.1) is 0 Å². The summed E-state index contributed by atoms with van der Waals surface area (Å²) in [4.78, 5) is 24.7. The zero-order valence-corrected chi connectivity index (χ0v) is 12.2. The summed E-state index contributed by atoms with van der Waals surface area (Å²) in [5.74, 6) is -0.554. The molecule has 0 aliphatic rings. The van der Waals surface area contributed by atoms with Gasteiger partial charge in [-0.2, -0.15) is 0 Å². The molecule has 0 unspecified atom stereocenters. The van der Waals surface area contributed by atoms with Crippen LogP contribution >= 0.6 is 0 Å². The molecule has 4 nitrogen and oxygen atoms in total. The Morgan fingerprint density at radius 3 is 2.50 bits per heavy atom. The highest BCUT2D eigenvalue weighted by Crippen LogP contribution is 2.17. The highest BCUT2D eigenvalue weighted by Gasteiger charge is 2.17. The zero-order chi connectivity index (χ0) is 15.5. The van der Waals surface area contributed by atoms with Gasteiger partial charge in [-0.1, -0.05) is 30.3 Å². The molecule has 1 aromatic carbocycles. The van der Waals surface area contributed by atoms with Crippen LogP contribution in [0.25, 0.3) is 5.52 Å². The summed E-state index contributed by atoms with van der Waals surface area (Å²) < 4.78 is 6.81. The van der Waals surface area contributed by atoms with Crippen LogP contribution in [0.15, 0.2) is 60.8 Å². The lowest BCUT2D eigenvalue weighted by molar-refractivity contribution is 0.0526. The van der Waals surface area contributed by atoms with Crippen LogP contribution in [-0.4, -0.2) is 22.8 Å². The highest BCUT2D eigenvalue weighted by atomic mass is 16.5. The Morgan fingerprint density at radius 2 is 1.77 bits per heavy atom. The van der Waals surface area contributed by atoms with E-state index >= 15 is 0 Å². The summed E-state index contributed by atoms with van der Waals surface area (Å²) in [6.07, 6.45) is 1.81. The number of aromatic nitrogens is 1. The number of ketones is 1. The third-order valence-electron chi connectivity index (χ3n) is 3.42. The number of pyridine rings is 1. The van der Waals surface area contributed by atoms with Crippen LogP contribution in [0.2, 0.25) is 0 Å². The minimum absolute atomic E-state index is 0.132. The smallest absolute Gasteiger partial charge is 0.338 e. The normalized spacial score (nSPS) is 10.6. The van der Waals surface area contributed by atoms with Gasteiger partial charge in [-0.15, -0.1) is 0 Å². The topological polar surface area (TPSA) is 47.8 Å². The lowest BCUT2D eigenvalue weighted by atomic mass is 10.1. The molecule has 0 spiro atoms. The number of nitrogens with zero attached hydrogens (tertiary/aromatic N) is 1. The molecule has 3 aromatic rings. The van der Waals surface area contributed by atoms with E-state index in [1.54, 1.807) is 41.8 Å². The number of rotatable bonds is 4. The summed E-state index contributed by atoms with van der Waals surface area (Å²) in [6, 6.07) is 16.0. The third-order valence-corrected chi connectivity index (χ3v) is 3.42. The molecule has 0 aliphatic carbocycles. The molecule has 22 heavy (non-hydrogen) atoms. The maximum absolute atomic E-state index is 12.7. The second-order valence-electron chi connectivity index (χ2n) is 4.85. The quantitative estimate of drug-likeness (QED) is 0.547. The fourth-order valence-corrected chi connectivity index (χ4v) is 2.39. The molecule has 0 atom stereocenters. The van der Waals surface area contributed by atoms with Crippen molar-refractivity contribution in [1.82, 2.24) is 4.40 Å². The third kappa shape index (κ3) is 2.51. The molecule has 0 aliphatic heterocycles. The fraction of sp³-hybridized carbons (Fsp3) is 0.111. The Labute approximate surface area is 128 Å². The summed E-state index contributed by atoms with van der Waals surface area (Å²) in [5, 5.41) is 0. The van der Waals surface area contributed by atoms with Crippen LogP contribution < -0.4 is 0 Å². The summed E-state index contributed by atoms with van der Waals surface area (Å²) >= 11 is 0. The van der Waals surface area contributed by atoms with Crippen LogP contribution in [-0.2, 0) is 4.74 Å². The van der Waals surface area contributed by atoms with E-state index in [0.29, 0.717) is 23.4 Å². The van der Waals surface area contributed by atoms with Gasteiger partial charge in [0.2, 0.25) is 5.78 Å². The van der Waals surface area contributed by atoms with Crippen molar-refractivity contribution in [3.63, 3.8) is 0 Å². The Kier molecular flexibility index (Phi) is 3.74. The van der Waals surface area contributed by atoms with Crippen LogP contribution in [0.4, 0.5) is 0 Å². The van der Waals surface area contributed by atoms with Crippen molar-refractivity contribution in [2.75, 3.05) is 6.61 Å². The van der Waals surface area contributed by atoms with Gasteiger partial charge in [0.25, 0.3) is 0 Å². The fourth-order valence-electron chi connectivity index (χ4n) is 2.39. The van der Waals surface area contributed by atoms with Crippen molar-refractivity contribution in [3.05, 3.63) is 77.6 Å². The Hall–Kier alpha value is -2.88. The molecule has 0 saturated heterocycles. The number of hydrogen-bond acceptors (Lipinski definition) is 3. The molecule has 0 amide bonds. The molecule has 2 heterocycles. The molecule has 110 valence electrons. The molecular formula is C18H15NO3. The maximum atomic E-state index is 12.7. The Bertz CT molecular complexity index is 834. The minimum atomic E-state index is -0.423. The van der Waals surface area contributed by atoms with Crippen LogP contribution in [0.5, 0.6) is 0 Å². The average molecular weight is 293 g/mol. The SMILES string of the molecule is CCOC(=O)c1cc(C(=O)c2ccccc2)n2cccc2c1. The average Bonchev–Trinajstić information content (AvgIpc) is 3.02. The molecule has 0 N–H and O–H groups in total. The van der Waals surface area contributed by atoms with Crippen molar-refractivity contribution < 1.29 is 14.3 Å². The largest absolute Gasteiger partial charge is 0.462 e. The van der Waals surface area contributed by atoms with E-state index < -0.39 is 5.97 Å². The minimum Gasteiger partial charge on any atom is -0.462 e. The van der Waals surface area contributed by atoms with Gasteiger partial charge in [0.15, 0.2) is 0 Å². The second kappa shape index (κ2) is 5.85. The first-order chi connectivity index (χ1) is 10.7. The standard InChI is InChI=1S/C18H15NO3/c1-2-22-18(21)14-11-15-9-6-10-19(15)16(12-14)17(20)13-7-4-3-5-8-13/h3-12H,2H2,1H3. The lowest BCUT2D eigenvalue weighted by Gasteiger charge is -2.09. The van der Waals surface area contributed by atoms with Gasteiger partial charge in [0, 0.05) is 17.3 Å². The zero-order valence-electron chi connectivity index (χ0n) is 12.2. The van der Waals surface area contributed by atoms with Crippen molar-refractivity contribution in [2.24, 2.45) is 0 Å². The number of esters is 1. The molecule has 0 bridgehead atoms. The number of benzene rings is 1. The van der Waals surface area contributed by atoms with E-state index in [2.05, 4.69) is 0 Å². The number of carbonyl (C=O) groups is 2. The predicted octanol–water partition coefficient (Wildman–Crippen LogP) is 3.35.